The molecular formula is C18H21F3N4O2. The first-order valence-corrected chi connectivity index (χ1v) is 9.00. The summed E-state index contributed by atoms with van der Waals surface area (Å²) in [6, 6.07) is 4.92. The molecule has 1 saturated heterocycles. The lowest BCUT2D eigenvalue weighted by molar-refractivity contribution is -0.144. The van der Waals surface area contributed by atoms with Crippen molar-refractivity contribution in [1.29, 1.82) is 0 Å². The van der Waals surface area contributed by atoms with Crippen LogP contribution in [0.25, 0.3) is 5.52 Å². The van der Waals surface area contributed by atoms with Gasteiger partial charge in [0, 0.05) is 19.3 Å². The molecule has 0 aromatic carbocycles. The van der Waals surface area contributed by atoms with Crippen LogP contribution in [0.2, 0.25) is 0 Å². The molecule has 4 rings (SSSR count). The van der Waals surface area contributed by atoms with Gasteiger partial charge in [-0.2, -0.15) is 18.3 Å². The monoisotopic (exact) mass is 382 g/mol. The van der Waals surface area contributed by atoms with Gasteiger partial charge in [-0.1, -0.05) is 6.07 Å². The van der Waals surface area contributed by atoms with E-state index in [2.05, 4.69) is 10.4 Å². The topological polar surface area (TPSA) is 69.9 Å². The average Bonchev–Trinajstić information content (AvgIpc) is 3.16. The number of carbonyl (C=O) groups excluding carboxylic acids is 1. The van der Waals surface area contributed by atoms with Crippen molar-refractivity contribution >= 4 is 11.4 Å². The Morgan fingerprint density at radius 2 is 2.00 bits per heavy atom. The summed E-state index contributed by atoms with van der Waals surface area (Å²) in [6.45, 7) is -0.231. The number of nitrogens with zero attached hydrogens (tertiary/aromatic N) is 3. The molecule has 1 aliphatic heterocycles. The van der Waals surface area contributed by atoms with Crippen molar-refractivity contribution in [2.45, 2.75) is 31.2 Å². The predicted molar refractivity (Wildman–Crippen MR) is 91.2 cm³/mol. The summed E-state index contributed by atoms with van der Waals surface area (Å²) < 4.78 is 39.5. The van der Waals surface area contributed by atoms with E-state index in [-0.39, 0.29) is 17.7 Å². The Kier molecular flexibility index (Phi) is 4.59. The quantitative estimate of drug-likeness (QED) is 0.848. The Bertz CT molecular complexity index is 837. The van der Waals surface area contributed by atoms with Crippen molar-refractivity contribution in [2.75, 3.05) is 19.6 Å². The number of aromatic nitrogens is 2. The molecule has 9 heteroatoms. The number of hydrogen-bond acceptors (Lipinski definition) is 4. The molecule has 146 valence electrons. The Morgan fingerprint density at radius 3 is 2.74 bits per heavy atom. The predicted octanol–water partition coefficient (Wildman–Crippen LogP) is 1.70. The van der Waals surface area contributed by atoms with Crippen molar-refractivity contribution < 1.29 is 23.1 Å². The number of hydrogen-bond donors (Lipinski definition) is 2. The number of halogens is 3. The summed E-state index contributed by atoms with van der Waals surface area (Å²) in [4.78, 5) is 14.0. The Labute approximate surface area is 154 Å². The minimum atomic E-state index is -4.22. The molecule has 0 radical (unpaired) electrons. The third kappa shape index (κ3) is 3.79. The van der Waals surface area contributed by atoms with Crippen LogP contribution < -0.4 is 5.32 Å². The molecule has 1 aliphatic carbocycles. The Balaban J connectivity index is 1.42. The molecule has 27 heavy (non-hydrogen) atoms. The summed E-state index contributed by atoms with van der Waals surface area (Å²) >= 11 is 0. The van der Waals surface area contributed by atoms with E-state index in [4.69, 9.17) is 0 Å². The maximum Gasteiger partial charge on any atom is 0.401 e. The first-order valence-electron chi connectivity index (χ1n) is 9.00. The SMILES string of the molecule is O=C(N[C@H]1C[C@H]2CN(CC(F)(F)F)C[C@H]2C[C@@H]1O)c1cnn2ccccc12. The number of fused-ring (bicyclic) bond motifs is 2. The molecule has 2 aliphatic rings. The van der Waals surface area contributed by atoms with E-state index < -0.39 is 24.9 Å². The Morgan fingerprint density at radius 1 is 1.26 bits per heavy atom. The second-order valence-electron chi connectivity index (χ2n) is 7.54. The summed E-state index contributed by atoms with van der Waals surface area (Å²) in [7, 11) is 0. The summed E-state index contributed by atoms with van der Waals surface area (Å²) in [5, 5.41) is 17.4. The number of rotatable bonds is 3. The van der Waals surface area contributed by atoms with Crippen molar-refractivity contribution in [2.24, 2.45) is 11.8 Å². The highest BCUT2D eigenvalue weighted by Crippen LogP contribution is 2.37. The third-order valence-corrected chi connectivity index (χ3v) is 5.61. The molecule has 2 N–H and O–H groups in total. The molecule has 4 atom stereocenters. The van der Waals surface area contributed by atoms with E-state index in [0.29, 0.717) is 37.0 Å². The highest BCUT2D eigenvalue weighted by Gasteiger charge is 2.44. The molecule has 1 saturated carbocycles. The number of nitrogens with one attached hydrogen (secondary N) is 1. The minimum Gasteiger partial charge on any atom is -0.391 e. The first-order chi connectivity index (χ1) is 12.8. The highest BCUT2D eigenvalue weighted by molar-refractivity contribution is 6.00. The fraction of sp³-hybridized carbons (Fsp3) is 0.556. The van der Waals surface area contributed by atoms with Gasteiger partial charge >= 0.3 is 6.18 Å². The molecule has 3 heterocycles. The van der Waals surface area contributed by atoms with E-state index in [0.717, 1.165) is 0 Å². The maximum atomic E-state index is 12.6. The van der Waals surface area contributed by atoms with Crippen molar-refractivity contribution in [3.8, 4) is 0 Å². The average molecular weight is 382 g/mol. The molecule has 6 nitrogen and oxygen atoms in total. The number of amides is 1. The van der Waals surface area contributed by atoms with Gasteiger partial charge in [0.1, 0.15) is 0 Å². The zero-order valence-electron chi connectivity index (χ0n) is 14.6. The van der Waals surface area contributed by atoms with Gasteiger partial charge in [0.25, 0.3) is 5.91 Å². The van der Waals surface area contributed by atoms with Gasteiger partial charge < -0.3 is 10.4 Å². The van der Waals surface area contributed by atoms with Crippen LogP contribution in [0.1, 0.15) is 23.2 Å². The molecule has 0 spiro atoms. The second kappa shape index (κ2) is 6.79. The van der Waals surface area contributed by atoms with Gasteiger partial charge in [-0.05, 0) is 36.8 Å². The van der Waals surface area contributed by atoms with Gasteiger partial charge in [0.2, 0.25) is 0 Å². The van der Waals surface area contributed by atoms with Crippen LogP contribution in [0.3, 0.4) is 0 Å². The van der Waals surface area contributed by atoms with Gasteiger partial charge in [0.15, 0.2) is 0 Å². The van der Waals surface area contributed by atoms with E-state index in [1.165, 1.54) is 11.1 Å². The number of aliphatic hydroxyl groups is 1. The lowest BCUT2D eigenvalue weighted by Crippen LogP contribution is -2.49. The smallest absolute Gasteiger partial charge is 0.391 e. The highest BCUT2D eigenvalue weighted by atomic mass is 19.4. The first kappa shape index (κ1) is 18.2. The van der Waals surface area contributed by atoms with E-state index in [1.54, 1.807) is 22.8 Å². The Hall–Kier alpha value is -2.13. The van der Waals surface area contributed by atoms with Crippen LogP contribution in [0, 0.1) is 11.8 Å². The second-order valence-corrected chi connectivity index (χ2v) is 7.54. The normalized spacial score (nSPS) is 29.0. The van der Waals surface area contributed by atoms with Gasteiger partial charge in [-0.3, -0.25) is 9.69 Å². The molecule has 1 amide bonds. The lowest BCUT2D eigenvalue weighted by Gasteiger charge is -2.35. The largest absolute Gasteiger partial charge is 0.401 e. The fourth-order valence-electron chi connectivity index (χ4n) is 4.42. The summed E-state index contributed by atoms with van der Waals surface area (Å²) in [6.07, 6.45) is -0.890. The number of likely N-dealkylation sites (tertiary alicyclic amines) is 1. The zero-order chi connectivity index (χ0) is 19.2. The number of alkyl halides is 3. The number of aliphatic hydroxyl groups excluding tert-OH is 1. The zero-order valence-corrected chi connectivity index (χ0v) is 14.6. The van der Waals surface area contributed by atoms with E-state index >= 15 is 0 Å². The van der Waals surface area contributed by atoms with Crippen LogP contribution in [-0.4, -0.2) is 63.5 Å². The van der Waals surface area contributed by atoms with Crippen LogP contribution in [-0.2, 0) is 0 Å². The standard InChI is InChI=1S/C18H21F3N4O2/c19-18(20,21)10-24-8-11-5-14(16(26)6-12(11)9-24)23-17(27)13-7-22-25-4-2-1-3-15(13)25/h1-4,7,11-12,14,16,26H,5-6,8-10H2,(H,23,27)/t11-,12+,14-,16-/m0/s1. The summed E-state index contributed by atoms with van der Waals surface area (Å²) in [5.74, 6) is -0.249. The maximum absolute atomic E-state index is 12.6. The molecule has 2 fully saturated rings. The molecule has 0 unspecified atom stereocenters. The van der Waals surface area contributed by atoms with Crippen LogP contribution in [0.5, 0.6) is 0 Å². The van der Waals surface area contributed by atoms with Gasteiger partial charge in [0.05, 0.1) is 36.0 Å². The third-order valence-electron chi connectivity index (χ3n) is 5.61. The van der Waals surface area contributed by atoms with Crippen LogP contribution >= 0.6 is 0 Å². The van der Waals surface area contributed by atoms with Crippen molar-refractivity contribution in [3.63, 3.8) is 0 Å². The van der Waals surface area contributed by atoms with E-state index in [1.807, 2.05) is 6.07 Å². The van der Waals surface area contributed by atoms with Crippen LogP contribution in [0.4, 0.5) is 13.2 Å². The van der Waals surface area contributed by atoms with Crippen molar-refractivity contribution in [3.05, 3.63) is 36.2 Å². The fourth-order valence-corrected chi connectivity index (χ4v) is 4.42. The minimum absolute atomic E-state index is 0.0347. The van der Waals surface area contributed by atoms with E-state index in [9.17, 15) is 23.1 Å². The molecular weight excluding hydrogens is 361 g/mol. The molecule has 2 aromatic heterocycles. The van der Waals surface area contributed by atoms with Gasteiger partial charge in [-0.15, -0.1) is 0 Å². The van der Waals surface area contributed by atoms with Gasteiger partial charge in [-0.25, -0.2) is 4.52 Å². The summed E-state index contributed by atoms with van der Waals surface area (Å²) in [5.41, 5.74) is 1.07. The number of pyridine rings is 1. The van der Waals surface area contributed by atoms with Crippen molar-refractivity contribution in [1.82, 2.24) is 19.8 Å². The number of carbonyl (C=O) groups is 1. The molecule has 2 aromatic rings. The lowest BCUT2D eigenvalue weighted by atomic mass is 9.77. The van der Waals surface area contributed by atoms with Crippen LogP contribution in [0.15, 0.2) is 30.6 Å². The molecule has 0 bridgehead atoms.